The van der Waals surface area contributed by atoms with Crippen LogP contribution in [-0.2, 0) is 0 Å². The Balaban J connectivity index is 2.61. The van der Waals surface area contributed by atoms with Gasteiger partial charge in [-0.25, -0.2) is 0 Å². The molecule has 3 nitrogen and oxygen atoms in total. The quantitative estimate of drug-likeness (QED) is 0.679. The summed E-state index contributed by atoms with van der Waals surface area (Å²) in [5.74, 6) is 0.307. The Labute approximate surface area is 82.8 Å². The van der Waals surface area contributed by atoms with Crippen LogP contribution in [0.1, 0.15) is 18.5 Å². The molecular formula is C11H14N2O. The SMILES string of the molecule is CNC(C)c1c[nH]c2ccc(O)cc12. The molecule has 3 N–H and O–H groups in total. The van der Waals surface area contributed by atoms with E-state index in [-0.39, 0.29) is 6.04 Å². The minimum atomic E-state index is 0.283. The lowest BCUT2D eigenvalue weighted by Crippen LogP contribution is -2.11. The van der Waals surface area contributed by atoms with Crippen LogP contribution in [0.15, 0.2) is 24.4 Å². The second kappa shape index (κ2) is 3.35. The highest BCUT2D eigenvalue weighted by Gasteiger charge is 2.09. The lowest BCUT2D eigenvalue weighted by molar-refractivity contribution is 0.476. The van der Waals surface area contributed by atoms with Crippen LogP contribution >= 0.6 is 0 Å². The van der Waals surface area contributed by atoms with Crippen LogP contribution < -0.4 is 5.32 Å². The first-order valence-electron chi connectivity index (χ1n) is 4.69. The van der Waals surface area contributed by atoms with Crippen LogP contribution in [-0.4, -0.2) is 17.1 Å². The van der Waals surface area contributed by atoms with Gasteiger partial charge < -0.3 is 15.4 Å². The fourth-order valence-electron chi connectivity index (χ4n) is 1.64. The van der Waals surface area contributed by atoms with Crippen molar-refractivity contribution < 1.29 is 5.11 Å². The first-order valence-corrected chi connectivity index (χ1v) is 4.69. The molecule has 74 valence electrons. The molecule has 0 bridgehead atoms. The zero-order chi connectivity index (χ0) is 10.1. The van der Waals surface area contributed by atoms with Crippen molar-refractivity contribution in [3.63, 3.8) is 0 Å². The summed E-state index contributed by atoms with van der Waals surface area (Å²) in [7, 11) is 1.92. The molecule has 0 aliphatic rings. The first-order chi connectivity index (χ1) is 6.72. The van der Waals surface area contributed by atoms with Gasteiger partial charge >= 0.3 is 0 Å². The first kappa shape index (κ1) is 9.09. The molecule has 0 aliphatic heterocycles. The van der Waals surface area contributed by atoms with E-state index < -0.39 is 0 Å². The highest BCUT2D eigenvalue weighted by molar-refractivity contribution is 5.84. The van der Waals surface area contributed by atoms with E-state index in [0.717, 1.165) is 10.9 Å². The molecule has 1 aromatic heterocycles. The maximum atomic E-state index is 9.39. The molecule has 0 saturated heterocycles. The van der Waals surface area contributed by atoms with Gasteiger partial charge in [0.2, 0.25) is 0 Å². The summed E-state index contributed by atoms with van der Waals surface area (Å²) >= 11 is 0. The number of nitrogens with one attached hydrogen (secondary N) is 2. The number of aromatic hydroxyl groups is 1. The van der Waals surface area contributed by atoms with E-state index in [4.69, 9.17) is 0 Å². The molecule has 0 spiro atoms. The summed E-state index contributed by atoms with van der Waals surface area (Å²) in [6.07, 6.45) is 1.98. The number of rotatable bonds is 2. The van der Waals surface area contributed by atoms with Crippen LogP contribution in [0.25, 0.3) is 10.9 Å². The number of hydrogen-bond donors (Lipinski definition) is 3. The van der Waals surface area contributed by atoms with E-state index in [1.54, 1.807) is 12.1 Å². The van der Waals surface area contributed by atoms with Gasteiger partial charge in [0.15, 0.2) is 0 Å². The number of fused-ring (bicyclic) bond motifs is 1. The van der Waals surface area contributed by atoms with Crippen molar-refractivity contribution in [1.82, 2.24) is 10.3 Å². The molecular weight excluding hydrogens is 176 g/mol. The molecule has 2 rings (SSSR count). The van der Waals surface area contributed by atoms with Gasteiger partial charge in [-0.2, -0.15) is 0 Å². The molecule has 0 radical (unpaired) electrons. The molecule has 14 heavy (non-hydrogen) atoms. The third-order valence-corrected chi connectivity index (χ3v) is 2.60. The van der Waals surface area contributed by atoms with Crippen LogP contribution in [0.3, 0.4) is 0 Å². The van der Waals surface area contributed by atoms with Gasteiger partial charge in [0.25, 0.3) is 0 Å². The Kier molecular flexibility index (Phi) is 2.17. The summed E-state index contributed by atoms with van der Waals surface area (Å²) in [5, 5.41) is 13.6. The Bertz CT molecular complexity index is 447. The number of benzene rings is 1. The zero-order valence-electron chi connectivity index (χ0n) is 8.33. The van der Waals surface area contributed by atoms with Gasteiger partial charge in [-0.05, 0) is 37.7 Å². The van der Waals surface area contributed by atoms with Crippen molar-refractivity contribution in [3.05, 3.63) is 30.0 Å². The Hall–Kier alpha value is -1.48. The predicted molar refractivity (Wildman–Crippen MR) is 57.4 cm³/mol. The van der Waals surface area contributed by atoms with Crippen LogP contribution in [0, 0.1) is 0 Å². The van der Waals surface area contributed by atoms with Crippen molar-refractivity contribution in [2.45, 2.75) is 13.0 Å². The normalized spacial score (nSPS) is 13.3. The van der Waals surface area contributed by atoms with Gasteiger partial charge in [0.05, 0.1) is 0 Å². The number of aromatic nitrogens is 1. The van der Waals surface area contributed by atoms with Gasteiger partial charge in [-0.3, -0.25) is 0 Å². The largest absolute Gasteiger partial charge is 0.508 e. The fraction of sp³-hybridized carbons (Fsp3) is 0.273. The fourth-order valence-corrected chi connectivity index (χ4v) is 1.64. The van der Waals surface area contributed by atoms with Crippen molar-refractivity contribution in [3.8, 4) is 5.75 Å². The third kappa shape index (κ3) is 1.36. The summed E-state index contributed by atoms with van der Waals surface area (Å²) in [6, 6.07) is 5.64. The molecule has 0 aliphatic carbocycles. The van der Waals surface area contributed by atoms with E-state index in [9.17, 15) is 5.11 Å². The minimum absolute atomic E-state index is 0.283. The van der Waals surface area contributed by atoms with Crippen LogP contribution in [0.5, 0.6) is 5.75 Å². The molecule has 3 heteroatoms. The minimum Gasteiger partial charge on any atom is -0.508 e. The average molecular weight is 190 g/mol. The molecule has 1 heterocycles. The zero-order valence-corrected chi connectivity index (χ0v) is 8.33. The van der Waals surface area contributed by atoms with Crippen LogP contribution in [0.4, 0.5) is 0 Å². The molecule has 2 aromatic rings. The highest BCUT2D eigenvalue weighted by Crippen LogP contribution is 2.26. The van der Waals surface area contributed by atoms with E-state index in [1.807, 2.05) is 19.3 Å². The number of aromatic amines is 1. The van der Waals surface area contributed by atoms with E-state index in [0.29, 0.717) is 5.75 Å². The number of phenols is 1. The van der Waals surface area contributed by atoms with Crippen molar-refractivity contribution in [2.24, 2.45) is 0 Å². The maximum Gasteiger partial charge on any atom is 0.116 e. The molecule has 1 atom stereocenters. The van der Waals surface area contributed by atoms with Crippen molar-refractivity contribution in [2.75, 3.05) is 7.05 Å². The third-order valence-electron chi connectivity index (χ3n) is 2.60. The molecule has 0 saturated carbocycles. The number of H-pyrrole nitrogens is 1. The maximum absolute atomic E-state index is 9.39. The summed E-state index contributed by atoms with van der Waals surface area (Å²) in [5.41, 5.74) is 2.23. The van der Waals surface area contributed by atoms with Crippen molar-refractivity contribution >= 4 is 10.9 Å². The van der Waals surface area contributed by atoms with Crippen molar-refractivity contribution in [1.29, 1.82) is 0 Å². The van der Waals surface area contributed by atoms with Gasteiger partial charge in [-0.15, -0.1) is 0 Å². The number of hydrogen-bond acceptors (Lipinski definition) is 2. The Morgan fingerprint density at radius 1 is 1.43 bits per heavy atom. The van der Waals surface area contributed by atoms with E-state index in [1.165, 1.54) is 5.56 Å². The smallest absolute Gasteiger partial charge is 0.116 e. The predicted octanol–water partition coefficient (Wildman–Crippen LogP) is 2.15. The molecule has 0 fully saturated rings. The highest BCUT2D eigenvalue weighted by atomic mass is 16.3. The lowest BCUT2D eigenvalue weighted by atomic mass is 10.1. The Morgan fingerprint density at radius 2 is 2.21 bits per heavy atom. The lowest BCUT2D eigenvalue weighted by Gasteiger charge is -2.08. The van der Waals surface area contributed by atoms with Crippen LogP contribution in [0.2, 0.25) is 0 Å². The second-order valence-electron chi connectivity index (χ2n) is 3.48. The summed E-state index contributed by atoms with van der Waals surface area (Å²) in [6.45, 7) is 2.09. The average Bonchev–Trinajstić information content (AvgIpc) is 2.59. The number of phenolic OH excluding ortho intramolecular Hbond substituents is 1. The van der Waals surface area contributed by atoms with Gasteiger partial charge in [-0.1, -0.05) is 0 Å². The topological polar surface area (TPSA) is 48.0 Å². The van der Waals surface area contributed by atoms with E-state index in [2.05, 4.69) is 17.2 Å². The standard InChI is InChI=1S/C11H14N2O/c1-7(12-2)10-6-13-11-4-3-8(14)5-9(10)11/h3-7,12-14H,1-2H3. The Morgan fingerprint density at radius 3 is 2.93 bits per heavy atom. The van der Waals surface area contributed by atoms with Gasteiger partial charge in [0.1, 0.15) is 5.75 Å². The molecule has 1 aromatic carbocycles. The van der Waals surface area contributed by atoms with Gasteiger partial charge in [0, 0.05) is 23.1 Å². The summed E-state index contributed by atoms with van der Waals surface area (Å²) < 4.78 is 0. The van der Waals surface area contributed by atoms with E-state index >= 15 is 0 Å². The molecule has 1 unspecified atom stereocenters. The molecule has 0 amide bonds. The summed E-state index contributed by atoms with van der Waals surface area (Å²) in [4.78, 5) is 3.18. The second-order valence-corrected chi connectivity index (χ2v) is 3.48. The monoisotopic (exact) mass is 190 g/mol.